The molecule has 0 bridgehead atoms. The van der Waals surface area contributed by atoms with Gasteiger partial charge in [-0.25, -0.2) is 4.98 Å². The second-order valence-electron chi connectivity index (χ2n) is 7.61. The van der Waals surface area contributed by atoms with E-state index in [0.717, 1.165) is 38.9 Å². The van der Waals surface area contributed by atoms with E-state index in [1.165, 1.54) is 5.56 Å². The second-order valence-corrected chi connectivity index (χ2v) is 7.61. The smallest absolute Gasteiger partial charge is 0.256 e. The van der Waals surface area contributed by atoms with Gasteiger partial charge in [0.2, 0.25) is 0 Å². The lowest BCUT2D eigenvalue weighted by atomic mass is 10.0. The number of carbonyl (C=O) groups excluding carboxylic acids is 1. The molecule has 0 aliphatic heterocycles. The molecule has 0 radical (unpaired) electrons. The number of pyridine rings is 1. The zero-order valence-corrected chi connectivity index (χ0v) is 16.9. The number of aromatic nitrogens is 2. The fourth-order valence-electron chi connectivity index (χ4n) is 3.75. The number of amides is 1. The van der Waals surface area contributed by atoms with Gasteiger partial charge in [0.25, 0.3) is 5.91 Å². The van der Waals surface area contributed by atoms with E-state index < -0.39 is 0 Å². The first-order valence-corrected chi connectivity index (χ1v) is 9.94. The van der Waals surface area contributed by atoms with Crippen LogP contribution >= 0.6 is 0 Å². The zero-order chi connectivity index (χ0) is 20.7. The van der Waals surface area contributed by atoms with E-state index in [0.29, 0.717) is 5.56 Å². The molecule has 0 saturated heterocycles. The molecule has 5 rings (SSSR count). The first-order chi connectivity index (χ1) is 14.6. The van der Waals surface area contributed by atoms with Gasteiger partial charge in [0.1, 0.15) is 5.65 Å². The van der Waals surface area contributed by atoms with Crippen molar-refractivity contribution in [1.29, 1.82) is 0 Å². The third kappa shape index (κ3) is 3.22. The Kier molecular flexibility index (Phi) is 4.32. The Morgan fingerprint density at radius 3 is 2.67 bits per heavy atom. The van der Waals surface area contributed by atoms with Crippen molar-refractivity contribution in [3.63, 3.8) is 0 Å². The van der Waals surface area contributed by atoms with E-state index >= 15 is 0 Å². The normalized spacial score (nSPS) is 11.1. The Morgan fingerprint density at radius 2 is 1.77 bits per heavy atom. The number of benzene rings is 3. The standard InChI is InChI=1S/C26H21N3O/c1-17-12-13-29-16-24(27-25(29)14-17)20-11-10-18(2)23(15-20)28-26(30)22-9-5-7-19-6-3-4-8-21(19)22/h3-16H,1-2H3,(H,28,30). The topological polar surface area (TPSA) is 46.4 Å². The maximum Gasteiger partial charge on any atom is 0.256 e. The molecule has 2 aromatic heterocycles. The van der Waals surface area contributed by atoms with Crippen molar-refractivity contribution >= 4 is 28.0 Å². The summed E-state index contributed by atoms with van der Waals surface area (Å²) >= 11 is 0. The molecular weight excluding hydrogens is 370 g/mol. The molecule has 146 valence electrons. The summed E-state index contributed by atoms with van der Waals surface area (Å²) in [6, 6.07) is 23.9. The Morgan fingerprint density at radius 1 is 0.933 bits per heavy atom. The van der Waals surface area contributed by atoms with Gasteiger partial charge in [-0.2, -0.15) is 0 Å². The first-order valence-electron chi connectivity index (χ1n) is 9.94. The number of rotatable bonds is 3. The van der Waals surface area contributed by atoms with E-state index in [9.17, 15) is 4.79 Å². The number of hydrogen-bond acceptors (Lipinski definition) is 2. The molecule has 1 N–H and O–H groups in total. The number of imidazole rings is 1. The molecule has 4 nitrogen and oxygen atoms in total. The third-order valence-electron chi connectivity index (χ3n) is 5.43. The predicted octanol–water partition coefficient (Wildman–Crippen LogP) is 6.02. The summed E-state index contributed by atoms with van der Waals surface area (Å²) in [4.78, 5) is 17.8. The van der Waals surface area contributed by atoms with Crippen LogP contribution in [0.1, 0.15) is 21.5 Å². The van der Waals surface area contributed by atoms with Crippen LogP contribution in [0.25, 0.3) is 27.7 Å². The summed E-state index contributed by atoms with van der Waals surface area (Å²) in [6.45, 7) is 4.05. The monoisotopic (exact) mass is 391 g/mol. The van der Waals surface area contributed by atoms with E-state index in [4.69, 9.17) is 4.98 Å². The molecule has 30 heavy (non-hydrogen) atoms. The number of hydrogen-bond donors (Lipinski definition) is 1. The van der Waals surface area contributed by atoms with E-state index in [-0.39, 0.29) is 5.91 Å². The van der Waals surface area contributed by atoms with Crippen LogP contribution in [0.15, 0.2) is 85.2 Å². The molecule has 0 aliphatic rings. The van der Waals surface area contributed by atoms with E-state index in [2.05, 4.69) is 24.4 Å². The molecule has 0 unspecified atom stereocenters. The second kappa shape index (κ2) is 7.16. The predicted molar refractivity (Wildman–Crippen MR) is 122 cm³/mol. The summed E-state index contributed by atoms with van der Waals surface area (Å²) in [6.07, 6.45) is 4.02. The molecule has 0 saturated carbocycles. The number of anilines is 1. The van der Waals surface area contributed by atoms with Crippen LogP contribution in [-0.4, -0.2) is 15.3 Å². The average molecular weight is 391 g/mol. The van der Waals surface area contributed by atoms with Gasteiger partial charge in [-0.1, -0.05) is 48.5 Å². The summed E-state index contributed by atoms with van der Waals surface area (Å²) in [5, 5.41) is 5.10. The van der Waals surface area contributed by atoms with Crippen LogP contribution in [0.3, 0.4) is 0 Å². The van der Waals surface area contributed by atoms with Gasteiger partial charge in [0.05, 0.1) is 5.69 Å². The minimum atomic E-state index is -0.113. The van der Waals surface area contributed by atoms with Gasteiger partial charge in [-0.3, -0.25) is 4.79 Å². The molecule has 0 fully saturated rings. The van der Waals surface area contributed by atoms with Gasteiger partial charge >= 0.3 is 0 Å². The Hall–Kier alpha value is -3.92. The molecule has 0 spiro atoms. The lowest BCUT2D eigenvalue weighted by molar-refractivity contribution is 0.102. The minimum absolute atomic E-state index is 0.113. The molecule has 4 heteroatoms. The van der Waals surface area contributed by atoms with Gasteiger partial charge in [-0.05, 0) is 60.0 Å². The van der Waals surface area contributed by atoms with Crippen molar-refractivity contribution in [3.05, 3.63) is 102 Å². The molecule has 5 aromatic rings. The first kappa shape index (κ1) is 18.1. The maximum absolute atomic E-state index is 13.1. The highest BCUT2D eigenvalue weighted by atomic mass is 16.1. The van der Waals surface area contributed by atoms with Crippen LogP contribution in [-0.2, 0) is 0 Å². The lowest BCUT2D eigenvalue weighted by Gasteiger charge is -2.11. The summed E-state index contributed by atoms with van der Waals surface area (Å²) in [5.74, 6) is -0.113. The zero-order valence-electron chi connectivity index (χ0n) is 16.9. The Labute approximate surface area is 174 Å². The molecule has 2 heterocycles. The van der Waals surface area contributed by atoms with Crippen molar-refractivity contribution < 1.29 is 4.79 Å². The minimum Gasteiger partial charge on any atom is -0.322 e. The van der Waals surface area contributed by atoms with Gasteiger partial charge in [-0.15, -0.1) is 0 Å². The van der Waals surface area contributed by atoms with Crippen molar-refractivity contribution in [2.24, 2.45) is 0 Å². The SMILES string of the molecule is Cc1ccn2cc(-c3ccc(C)c(NC(=O)c4cccc5ccccc45)c3)nc2c1. The molecular formula is C26H21N3O. The highest BCUT2D eigenvalue weighted by Gasteiger charge is 2.13. The number of fused-ring (bicyclic) bond motifs is 2. The highest BCUT2D eigenvalue weighted by Crippen LogP contribution is 2.27. The average Bonchev–Trinajstić information content (AvgIpc) is 3.18. The highest BCUT2D eigenvalue weighted by molar-refractivity contribution is 6.13. The number of nitrogens with one attached hydrogen (secondary N) is 1. The van der Waals surface area contributed by atoms with Gasteiger partial charge in [0, 0.05) is 29.2 Å². The van der Waals surface area contributed by atoms with Crippen molar-refractivity contribution in [3.8, 4) is 11.3 Å². The lowest BCUT2D eigenvalue weighted by Crippen LogP contribution is -2.13. The van der Waals surface area contributed by atoms with Gasteiger partial charge in [0.15, 0.2) is 0 Å². The molecule has 0 atom stereocenters. The summed E-state index contributed by atoms with van der Waals surface area (Å²) < 4.78 is 2.01. The van der Waals surface area contributed by atoms with Crippen LogP contribution < -0.4 is 5.32 Å². The summed E-state index contributed by atoms with van der Waals surface area (Å²) in [7, 11) is 0. The van der Waals surface area contributed by atoms with Crippen LogP contribution in [0.4, 0.5) is 5.69 Å². The fourth-order valence-corrected chi connectivity index (χ4v) is 3.75. The maximum atomic E-state index is 13.1. The quantitative estimate of drug-likeness (QED) is 0.408. The van der Waals surface area contributed by atoms with Crippen molar-refractivity contribution in [2.45, 2.75) is 13.8 Å². The van der Waals surface area contributed by atoms with Gasteiger partial charge < -0.3 is 9.72 Å². The third-order valence-corrected chi connectivity index (χ3v) is 5.43. The fraction of sp³-hybridized carbons (Fsp3) is 0.0769. The largest absolute Gasteiger partial charge is 0.322 e. The Balaban J connectivity index is 1.51. The molecule has 3 aromatic carbocycles. The van der Waals surface area contributed by atoms with Crippen molar-refractivity contribution in [1.82, 2.24) is 9.38 Å². The van der Waals surface area contributed by atoms with E-state index in [1.54, 1.807) is 0 Å². The van der Waals surface area contributed by atoms with E-state index in [1.807, 2.05) is 84.4 Å². The van der Waals surface area contributed by atoms with Crippen molar-refractivity contribution in [2.75, 3.05) is 5.32 Å². The van der Waals surface area contributed by atoms with Crippen LogP contribution in [0.2, 0.25) is 0 Å². The molecule has 0 aliphatic carbocycles. The van der Waals surface area contributed by atoms with Crippen LogP contribution in [0, 0.1) is 13.8 Å². The Bertz CT molecular complexity index is 1410. The summed E-state index contributed by atoms with van der Waals surface area (Å²) in [5.41, 5.74) is 6.39. The number of carbonyl (C=O) groups is 1. The number of aryl methyl sites for hydroxylation is 2. The number of nitrogens with zero attached hydrogens (tertiary/aromatic N) is 2. The van der Waals surface area contributed by atoms with Crippen LogP contribution in [0.5, 0.6) is 0 Å². The molecule has 1 amide bonds.